The molecule has 0 bridgehead atoms. The maximum absolute atomic E-state index is 5.57. The molecule has 0 aliphatic heterocycles. The Balaban J connectivity index is 2.12. The third kappa shape index (κ3) is 4.20. The van der Waals surface area contributed by atoms with Gasteiger partial charge in [-0.15, -0.1) is 0 Å². The first-order chi connectivity index (χ1) is 6.86. The van der Waals surface area contributed by atoms with Gasteiger partial charge in [0.1, 0.15) is 11.5 Å². The van der Waals surface area contributed by atoms with Crippen LogP contribution in [0.25, 0.3) is 0 Å². The standard InChI is InChI=1S/C11H19NOS/c1-3-10-5-6-11(13-10)9-12-7-4-8-14-2/h5-6,12H,3-4,7-9H2,1-2H3. The summed E-state index contributed by atoms with van der Waals surface area (Å²) < 4.78 is 5.57. The fraction of sp³-hybridized carbons (Fsp3) is 0.636. The molecule has 0 spiro atoms. The molecule has 0 atom stereocenters. The van der Waals surface area contributed by atoms with Gasteiger partial charge in [0, 0.05) is 6.42 Å². The van der Waals surface area contributed by atoms with Crippen LogP contribution in [0.1, 0.15) is 24.9 Å². The van der Waals surface area contributed by atoms with E-state index in [-0.39, 0.29) is 0 Å². The van der Waals surface area contributed by atoms with Gasteiger partial charge in [0.25, 0.3) is 0 Å². The molecule has 0 saturated carbocycles. The molecule has 80 valence electrons. The van der Waals surface area contributed by atoms with Crippen LogP contribution in [0.5, 0.6) is 0 Å². The van der Waals surface area contributed by atoms with Crippen molar-refractivity contribution in [3.63, 3.8) is 0 Å². The Labute approximate surface area is 90.5 Å². The van der Waals surface area contributed by atoms with Gasteiger partial charge in [-0.2, -0.15) is 11.8 Å². The van der Waals surface area contributed by atoms with E-state index < -0.39 is 0 Å². The highest BCUT2D eigenvalue weighted by molar-refractivity contribution is 7.98. The average Bonchev–Trinajstić information content (AvgIpc) is 2.65. The zero-order valence-electron chi connectivity index (χ0n) is 9.01. The van der Waals surface area contributed by atoms with Crippen molar-refractivity contribution in [2.24, 2.45) is 0 Å². The highest BCUT2D eigenvalue weighted by atomic mass is 32.2. The van der Waals surface area contributed by atoms with Crippen molar-refractivity contribution in [3.8, 4) is 0 Å². The van der Waals surface area contributed by atoms with Crippen molar-refractivity contribution in [1.29, 1.82) is 0 Å². The first-order valence-corrected chi connectivity index (χ1v) is 6.53. The molecule has 0 fully saturated rings. The number of thioether (sulfide) groups is 1. The minimum atomic E-state index is 0.856. The first kappa shape index (κ1) is 11.7. The largest absolute Gasteiger partial charge is 0.465 e. The Hall–Kier alpha value is -0.410. The Morgan fingerprint density at radius 3 is 2.79 bits per heavy atom. The quantitative estimate of drug-likeness (QED) is 0.705. The van der Waals surface area contributed by atoms with Gasteiger partial charge in [0.15, 0.2) is 0 Å². The minimum Gasteiger partial charge on any atom is -0.465 e. The summed E-state index contributed by atoms with van der Waals surface area (Å²) in [4.78, 5) is 0. The van der Waals surface area contributed by atoms with Crippen LogP contribution in [0.2, 0.25) is 0 Å². The van der Waals surface area contributed by atoms with E-state index in [1.165, 1.54) is 12.2 Å². The van der Waals surface area contributed by atoms with Gasteiger partial charge >= 0.3 is 0 Å². The predicted molar refractivity (Wildman–Crippen MR) is 62.8 cm³/mol. The molecule has 3 heteroatoms. The Kier molecular flexibility index (Phi) is 5.80. The summed E-state index contributed by atoms with van der Waals surface area (Å²) in [6.45, 7) is 4.03. The molecule has 14 heavy (non-hydrogen) atoms. The molecular formula is C11H19NOS. The van der Waals surface area contributed by atoms with Gasteiger partial charge in [-0.25, -0.2) is 0 Å². The van der Waals surface area contributed by atoms with Crippen LogP contribution < -0.4 is 5.32 Å². The van der Waals surface area contributed by atoms with E-state index in [4.69, 9.17) is 4.42 Å². The van der Waals surface area contributed by atoms with E-state index >= 15 is 0 Å². The molecule has 0 unspecified atom stereocenters. The summed E-state index contributed by atoms with van der Waals surface area (Å²) in [5, 5.41) is 3.37. The van der Waals surface area contributed by atoms with E-state index in [0.29, 0.717) is 0 Å². The minimum absolute atomic E-state index is 0.856. The summed E-state index contributed by atoms with van der Waals surface area (Å²) in [7, 11) is 0. The molecule has 1 aromatic rings. The average molecular weight is 213 g/mol. The molecule has 0 saturated heterocycles. The van der Waals surface area contributed by atoms with Crippen LogP contribution in [-0.2, 0) is 13.0 Å². The Bertz CT molecular complexity index is 247. The van der Waals surface area contributed by atoms with Crippen molar-refractivity contribution in [2.75, 3.05) is 18.6 Å². The third-order valence-corrected chi connectivity index (χ3v) is 2.76. The second kappa shape index (κ2) is 6.96. The summed E-state index contributed by atoms with van der Waals surface area (Å²) >= 11 is 1.89. The molecule has 0 aliphatic rings. The third-order valence-electron chi connectivity index (χ3n) is 2.07. The highest BCUT2D eigenvalue weighted by Crippen LogP contribution is 2.07. The summed E-state index contributed by atoms with van der Waals surface area (Å²) in [6.07, 6.45) is 4.34. The number of aryl methyl sites for hydroxylation is 1. The smallest absolute Gasteiger partial charge is 0.117 e. The number of hydrogen-bond acceptors (Lipinski definition) is 3. The van der Waals surface area contributed by atoms with Crippen LogP contribution in [0.15, 0.2) is 16.5 Å². The van der Waals surface area contributed by atoms with Gasteiger partial charge in [-0.05, 0) is 37.1 Å². The van der Waals surface area contributed by atoms with Gasteiger partial charge < -0.3 is 9.73 Å². The Morgan fingerprint density at radius 1 is 1.36 bits per heavy atom. The first-order valence-electron chi connectivity index (χ1n) is 5.14. The van der Waals surface area contributed by atoms with Crippen molar-refractivity contribution in [3.05, 3.63) is 23.7 Å². The van der Waals surface area contributed by atoms with E-state index in [9.17, 15) is 0 Å². The second-order valence-electron chi connectivity index (χ2n) is 3.24. The lowest BCUT2D eigenvalue weighted by atomic mass is 10.3. The molecule has 0 radical (unpaired) electrons. The van der Waals surface area contributed by atoms with Gasteiger partial charge in [-0.1, -0.05) is 6.92 Å². The maximum atomic E-state index is 5.57. The van der Waals surface area contributed by atoms with Crippen molar-refractivity contribution >= 4 is 11.8 Å². The molecule has 2 nitrogen and oxygen atoms in total. The van der Waals surface area contributed by atoms with Crippen LogP contribution in [0.4, 0.5) is 0 Å². The zero-order valence-corrected chi connectivity index (χ0v) is 9.82. The normalized spacial score (nSPS) is 10.7. The molecule has 0 amide bonds. The molecule has 1 heterocycles. The number of furan rings is 1. The van der Waals surface area contributed by atoms with Crippen LogP contribution in [0, 0.1) is 0 Å². The zero-order chi connectivity index (χ0) is 10.2. The lowest BCUT2D eigenvalue weighted by Gasteiger charge is -2.01. The Morgan fingerprint density at radius 2 is 2.14 bits per heavy atom. The van der Waals surface area contributed by atoms with Gasteiger partial charge in [0.2, 0.25) is 0 Å². The molecule has 1 aromatic heterocycles. The van der Waals surface area contributed by atoms with Crippen molar-refractivity contribution in [2.45, 2.75) is 26.3 Å². The summed E-state index contributed by atoms with van der Waals surface area (Å²) in [6, 6.07) is 4.11. The summed E-state index contributed by atoms with van der Waals surface area (Å²) in [5.74, 6) is 3.35. The van der Waals surface area contributed by atoms with Crippen molar-refractivity contribution in [1.82, 2.24) is 5.32 Å². The van der Waals surface area contributed by atoms with Gasteiger partial charge in [0.05, 0.1) is 6.54 Å². The molecular weight excluding hydrogens is 194 g/mol. The number of hydrogen-bond donors (Lipinski definition) is 1. The lowest BCUT2D eigenvalue weighted by Crippen LogP contribution is -2.14. The molecule has 1 N–H and O–H groups in total. The number of rotatable bonds is 7. The van der Waals surface area contributed by atoms with E-state index in [2.05, 4.69) is 30.6 Å². The molecule has 0 aliphatic carbocycles. The van der Waals surface area contributed by atoms with E-state index in [1.807, 2.05) is 11.8 Å². The fourth-order valence-electron chi connectivity index (χ4n) is 1.26. The monoisotopic (exact) mass is 213 g/mol. The predicted octanol–water partition coefficient (Wildman–Crippen LogP) is 2.68. The second-order valence-corrected chi connectivity index (χ2v) is 4.23. The maximum Gasteiger partial charge on any atom is 0.117 e. The molecule has 1 rings (SSSR count). The van der Waals surface area contributed by atoms with Crippen molar-refractivity contribution < 1.29 is 4.42 Å². The SMILES string of the molecule is CCc1ccc(CNCCCSC)o1. The van der Waals surface area contributed by atoms with Crippen LogP contribution >= 0.6 is 11.8 Å². The van der Waals surface area contributed by atoms with Crippen LogP contribution in [-0.4, -0.2) is 18.6 Å². The highest BCUT2D eigenvalue weighted by Gasteiger charge is 1.98. The van der Waals surface area contributed by atoms with E-state index in [1.54, 1.807) is 0 Å². The van der Waals surface area contributed by atoms with Crippen LogP contribution in [0.3, 0.4) is 0 Å². The van der Waals surface area contributed by atoms with E-state index in [0.717, 1.165) is 31.0 Å². The lowest BCUT2D eigenvalue weighted by molar-refractivity contribution is 0.451. The molecule has 0 aromatic carbocycles. The van der Waals surface area contributed by atoms with Gasteiger partial charge in [-0.3, -0.25) is 0 Å². The fourth-order valence-corrected chi connectivity index (χ4v) is 1.69. The summed E-state index contributed by atoms with van der Waals surface area (Å²) in [5.41, 5.74) is 0. The number of nitrogens with one attached hydrogen (secondary N) is 1. The topological polar surface area (TPSA) is 25.2 Å².